The summed E-state index contributed by atoms with van der Waals surface area (Å²) in [6.45, 7) is 0. The molecule has 0 bridgehead atoms. The van der Waals surface area contributed by atoms with Gasteiger partial charge >= 0.3 is 0 Å². The van der Waals surface area contributed by atoms with Crippen LogP contribution in [-0.2, 0) is 6.42 Å². The van der Waals surface area contributed by atoms with Crippen molar-refractivity contribution in [2.24, 2.45) is 0 Å². The molecule has 1 heterocycles. The van der Waals surface area contributed by atoms with Crippen LogP contribution in [0.1, 0.15) is 29.0 Å². The Morgan fingerprint density at radius 3 is 2.22 bits per heavy atom. The molecular weight excluding hydrogens is 448 g/mol. The Balaban J connectivity index is 1.38. The van der Waals surface area contributed by atoms with E-state index in [-0.39, 0.29) is 12.0 Å². The van der Waals surface area contributed by atoms with Crippen LogP contribution < -0.4 is 15.2 Å². The van der Waals surface area contributed by atoms with Gasteiger partial charge in [-0.25, -0.2) is 0 Å². The van der Waals surface area contributed by atoms with Crippen molar-refractivity contribution in [3.8, 4) is 28.0 Å². The van der Waals surface area contributed by atoms with E-state index < -0.39 is 0 Å². The van der Waals surface area contributed by atoms with E-state index in [4.69, 9.17) is 4.74 Å². The molecule has 1 nitrogen and oxygen atoms in total. The summed E-state index contributed by atoms with van der Waals surface area (Å²) >= 11 is 0. The summed E-state index contributed by atoms with van der Waals surface area (Å²) in [5.41, 5.74) is 9.42. The quantitative estimate of drug-likeness (QED) is 0.262. The average Bonchev–Trinajstić information content (AvgIpc) is 3.31. The van der Waals surface area contributed by atoms with Crippen LogP contribution in [0.3, 0.4) is 0 Å². The zero-order valence-electron chi connectivity index (χ0n) is 20.5. The smallest absolute Gasteiger partial charge is 0.128 e. The molecule has 1 aliphatic heterocycles. The number of hydrogen-bond acceptors (Lipinski definition) is 1. The Hall–Kier alpha value is -4.36. The third kappa shape index (κ3) is 3.17. The molecule has 0 radical (unpaired) electrons. The van der Waals surface area contributed by atoms with Gasteiger partial charge in [-0.05, 0) is 85.6 Å². The first-order chi connectivity index (χ1) is 18.3. The van der Waals surface area contributed by atoms with E-state index in [1.807, 2.05) is 0 Å². The molecule has 2 unspecified atom stereocenters. The van der Waals surface area contributed by atoms with Gasteiger partial charge in [-0.3, -0.25) is 0 Å². The fraction of sp³-hybridized carbons (Fsp3) is 0.111. The van der Waals surface area contributed by atoms with Crippen LogP contribution in [0.25, 0.3) is 51.3 Å². The number of hydrogen-bond donors (Lipinski definition) is 0. The van der Waals surface area contributed by atoms with Crippen LogP contribution in [-0.4, -0.2) is 6.10 Å². The van der Waals surface area contributed by atoms with Gasteiger partial charge in [0.15, 0.2) is 0 Å². The van der Waals surface area contributed by atoms with Gasteiger partial charge in [0.05, 0.1) is 0 Å². The highest BCUT2D eigenvalue weighted by Crippen LogP contribution is 2.47. The number of fused-ring (bicyclic) bond motifs is 6. The number of ether oxygens (including phenoxy) is 1. The van der Waals surface area contributed by atoms with Crippen molar-refractivity contribution in [1.29, 1.82) is 0 Å². The zero-order chi connectivity index (χ0) is 24.3. The lowest BCUT2D eigenvalue weighted by atomic mass is 9.79. The normalized spacial score (nSPS) is 18.6. The maximum Gasteiger partial charge on any atom is 0.128 e. The van der Waals surface area contributed by atoms with Crippen LogP contribution in [0.5, 0.6) is 5.75 Å². The Morgan fingerprint density at radius 2 is 1.38 bits per heavy atom. The summed E-state index contributed by atoms with van der Waals surface area (Å²) in [6, 6.07) is 35.3. The molecule has 37 heavy (non-hydrogen) atoms. The highest BCUT2D eigenvalue weighted by atomic mass is 16.5. The van der Waals surface area contributed by atoms with Crippen LogP contribution >= 0.6 is 0 Å². The number of allylic oxidation sites excluding steroid dienone is 1. The summed E-state index contributed by atoms with van der Waals surface area (Å²) in [6.07, 6.45) is 11.6. The lowest BCUT2D eigenvalue weighted by Crippen LogP contribution is -2.34. The van der Waals surface area contributed by atoms with Crippen LogP contribution in [0.2, 0.25) is 0 Å². The molecule has 0 fully saturated rings. The van der Waals surface area contributed by atoms with Gasteiger partial charge in [-0.2, -0.15) is 0 Å². The fourth-order valence-electron chi connectivity index (χ4n) is 6.61. The molecule has 2 aliphatic carbocycles. The van der Waals surface area contributed by atoms with Gasteiger partial charge in [-0.15, -0.1) is 0 Å². The lowest BCUT2D eigenvalue weighted by molar-refractivity contribution is 0.288. The highest BCUT2D eigenvalue weighted by molar-refractivity contribution is 6.10. The topological polar surface area (TPSA) is 9.23 Å². The van der Waals surface area contributed by atoms with E-state index in [1.54, 1.807) is 0 Å². The highest BCUT2D eigenvalue weighted by Gasteiger charge is 2.33. The second kappa shape index (κ2) is 8.08. The predicted molar refractivity (Wildman–Crippen MR) is 154 cm³/mol. The minimum atomic E-state index is 0.0641. The van der Waals surface area contributed by atoms with Crippen molar-refractivity contribution < 1.29 is 4.74 Å². The molecule has 3 aliphatic rings. The van der Waals surface area contributed by atoms with Crippen molar-refractivity contribution >= 4 is 29.0 Å². The van der Waals surface area contributed by atoms with Crippen molar-refractivity contribution in [1.82, 2.24) is 0 Å². The van der Waals surface area contributed by atoms with Gasteiger partial charge < -0.3 is 4.74 Å². The van der Waals surface area contributed by atoms with Crippen molar-refractivity contribution in [2.75, 3.05) is 0 Å². The van der Waals surface area contributed by atoms with E-state index in [0.717, 1.165) is 18.6 Å². The molecule has 5 aromatic carbocycles. The van der Waals surface area contributed by atoms with Gasteiger partial charge in [-0.1, -0.05) is 103 Å². The largest absolute Gasteiger partial charge is 0.485 e. The molecule has 1 heteroatoms. The summed E-state index contributed by atoms with van der Waals surface area (Å²) in [4.78, 5) is 0. The third-order valence-corrected chi connectivity index (χ3v) is 8.24. The van der Waals surface area contributed by atoms with Crippen LogP contribution in [0.15, 0.2) is 103 Å². The summed E-state index contributed by atoms with van der Waals surface area (Å²) < 4.78 is 6.44. The first-order valence-electron chi connectivity index (χ1n) is 13.2. The van der Waals surface area contributed by atoms with E-state index in [9.17, 15) is 0 Å². The fourth-order valence-corrected chi connectivity index (χ4v) is 6.61. The second-order valence-corrected chi connectivity index (χ2v) is 10.3. The van der Waals surface area contributed by atoms with Crippen LogP contribution in [0.4, 0.5) is 0 Å². The average molecular weight is 475 g/mol. The molecule has 8 rings (SSSR count). The van der Waals surface area contributed by atoms with E-state index in [0.29, 0.717) is 0 Å². The molecule has 0 saturated heterocycles. The Kier molecular flexibility index (Phi) is 4.54. The third-order valence-electron chi connectivity index (χ3n) is 8.24. The maximum absolute atomic E-state index is 6.44. The monoisotopic (exact) mass is 474 g/mol. The number of benzene rings is 5. The second-order valence-electron chi connectivity index (χ2n) is 10.3. The molecule has 0 saturated carbocycles. The van der Waals surface area contributed by atoms with Gasteiger partial charge in [0.1, 0.15) is 11.9 Å². The van der Waals surface area contributed by atoms with Crippen molar-refractivity contribution in [2.45, 2.75) is 24.9 Å². The van der Waals surface area contributed by atoms with Gasteiger partial charge in [0, 0.05) is 11.5 Å². The molecule has 176 valence electrons. The molecule has 0 amide bonds. The van der Waals surface area contributed by atoms with Gasteiger partial charge in [0.2, 0.25) is 0 Å². The minimum absolute atomic E-state index is 0.0641. The van der Waals surface area contributed by atoms with Crippen molar-refractivity contribution in [3.63, 3.8) is 0 Å². The zero-order valence-corrected chi connectivity index (χ0v) is 20.5. The first-order valence-corrected chi connectivity index (χ1v) is 13.2. The predicted octanol–water partition coefficient (Wildman–Crippen LogP) is 7.25. The molecule has 5 aromatic rings. The molecule has 0 N–H and O–H groups in total. The van der Waals surface area contributed by atoms with E-state index in [2.05, 4.69) is 121 Å². The van der Waals surface area contributed by atoms with E-state index in [1.165, 1.54) is 60.2 Å². The summed E-state index contributed by atoms with van der Waals surface area (Å²) in [5.74, 6) is 1.26. The van der Waals surface area contributed by atoms with Gasteiger partial charge in [0.25, 0.3) is 0 Å². The number of rotatable bonds is 2. The minimum Gasteiger partial charge on any atom is -0.485 e. The van der Waals surface area contributed by atoms with Crippen molar-refractivity contribution in [3.05, 3.63) is 130 Å². The Labute approximate surface area is 216 Å². The lowest BCUT2D eigenvalue weighted by Gasteiger charge is -2.24. The van der Waals surface area contributed by atoms with E-state index >= 15 is 0 Å². The summed E-state index contributed by atoms with van der Waals surface area (Å²) in [7, 11) is 0. The summed E-state index contributed by atoms with van der Waals surface area (Å²) in [5, 5.41) is 5.20. The molecular formula is C36H26O. The first kappa shape index (κ1) is 20.8. The Bertz CT molecular complexity index is 1860. The molecule has 2 atom stereocenters. The Morgan fingerprint density at radius 1 is 0.649 bits per heavy atom. The SMILES string of the molecule is C1=Cc2c(c(-c3ccc4c(c3)C3C=c5ccccc5=CC3O4)c3ccccc3c2-c2ccccc2)CC1. The molecule has 0 spiro atoms. The van der Waals surface area contributed by atoms with Crippen LogP contribution in [0, 0.1) is 0 Å². The molecule has 0 aromatic heterocycles. The standard InChI is InChI=1S/C36H26O/c1-2-10-23(11-3-1)35-27-14-6-8-16-29(27)36(30-17-9-7-15-28(30)35)26-18-19-33-31(21-26)32-20-24-12-4-5-13-25(24)22-34(32)37-33/h1-8,10-16,18-22,32,34H,9,17H2. The maximum atomic E-state index is 6.44.